The first-order chi connectivity index (χ1) is 11.4. The molecule has 0 spiro atoms. The number of thiocarbonyl (C=S) groups is 1. The van der Waals surface area contributed by atoms with Crippen molar-refractivity contribution in [3.63, 3.8) is 0 Å². The summed E-state index contributed by atoms with van der Waals surface area (Å²) in [5, 5.41) is 10.9. The van der Waals surface area contributed by atoms with Gasteiger partial charge in [0.05, 0.1) is 24.1 Å². The van der Waals surface area contributed by atoms with Crippen LogP contribution in [0.25, 0.3) is 6.08 Å². The third-order valence-corrected chi connectivity index (χ3v) is 4.83. The third kappa shape index (κ3) is 4.00. The molecule has 0 atom stereocenters. The zero-order valence-corrected chi connectivity index (χ0v) is 15.2. The number of ether oxygens (including phenoxy) is 2. The molecule has 6 nitrogen and oxygen atoms in total. The van der Waals surface area contributed by atoms with E-state index in [1.54, 1.807) is 18.2 Å². The van der Waals surface area contributed by atoms with E-state index >= 15 is 0 Å². The fourth-order valence-electron chi connectivity index (χ4n) is 2.07. The van der Waals surface area contributed by atoms with E-state index in [0.717, 1.165) is 11.8 Å². The summed E-state index contributed by atoms with van der Waals surface area (Å²) in [4.78, 5) is 24.5. The quantitative estimate of drug-likeness (QED) is 0.543. The lowest BCUT2D eigenvalue weighted by Gasteiger charge is -2.14. The van der Waals surface area contributed by atoms with E-state index in [2.05, 4.69) is 0 Å². The van der Waals surface area contributed by atoms with Crippen molar-refractivity contribution in [1.29, 1.82) is 0 Å². The highest BCUT2D eigenvalue weighted by Crippen LogP contribution is 2.38. The van der Waals surface area contributed by atoms with E-state index in [9.17, 15) is 14.7 Å². The number of carboxylic acids is 1. The van der Waals surface area contributed by atoms with Crippen LogP contribution in [0.1, 0.15) is 12.0 Å². The van der Waals surface area contributed by atoms with Crippen LogP contribution in [-0.4, -0.2) is 41.9 Å². The largest absolute Gasteiger partial charge is 0.550 e. The molecule has 1 saturated heterocycles. The van der Waals surface area contributed by atoms with Gasteiger partial charge in [-0.3, -0.25) is 9.69 Å². The Morgan fingerprint density at radius 2 is 2.12 bits per heavy atom. The molecule has 1 amide bonds. The SMILES string of the molecule is COc1cc(/C=C2\SC(=S)N(CCC(=O)[O-])C2=O)cc(Cl)c1OC. The van der Waals surface area contributed by atoms with Gasteiger partial charge in [-0.1, -0.05) is 35.6 Å². The fraction of sp³-hybridized carbons (Fsp3) is 0.267. The molecule has 1 aliphatic heterocycles. The average Bonchev–Trinajstić information content (AvgIpc) is 2.78. The van der Waals surface area contributed by atoms with Crippen molar-refractivity contribution in [1.82, 2.24) is 4.90 Å². The third-order valence-electron chi connectivity index (χ3n) is 3.17. The van der Waals surface area contributed by atoms with Crippen LogP contribution >= 0.6 is 35.6 Å². The summed E-state index contributed by atoms with van der Waals surface area (Å²) >= 11 is 12.4. The zero-order chi connectivity index (χ0) is 17.9. The molecule has 0 saturated carbocycles. The van der Waals surface area contributed by atoms with Gasteiger partial charge in [0.1, 0.15) is 4.32 Å². The second-order valence-electron chi connectivity index (χ2n) is 4.69. The minimum Gasteiger partial charge on any atom is -0.550 e. The molecular formula is C15H13ClNO5S2-. The molecule has 0 aromatic heterocycles. The minimum atomic E-state index is -1.24. The molecule has 0 unspecified atom stereocenters. The molecule has 128 valence electrons. The Bertz CT molecular complexity index is 735. The van der Waals surface area contributed by atoms with Crippen LogP contribution in [0, 0.1) is 0 Å². The van der Waals surface area contributed by atoms with Crippen molar-refractivity contribution in [3.8, 4) is 11.5 Å². The number of carbonyl (C=O) groups excluding carboxylic acids is 2. The normalized spacial score (nSPS) is 16.0. The van der Waals surface area contributed by atoms with E-state index in [-0.39, 0.29) is 18.9 Å². The first-order valence-corrected chi connectivity index (χ1v) is 8.34. The van der Waals surface area contributed by atoms with Crippen LogP contribution in [0.2, 0.25) is 5.02 Å². The topological polar surface area (TPSA) is 78.9 Å². The number of halogens is 1. The van der Waals surface area contributed by atoms with Crippen LogP contribution in [0.15, 0.2) is 17.0 Å². The molecule has 24 heavy (non-hydrogen) atoms. The smallest absolute Gasteiger partial charge is 0.266 e. The number of aliphatic carboxylic acids is 1. The number of rotatable bonds is 6. The number of benzene rings is 1. The molecule has 1 aromatic rings. The number of amides is 1. The predicted molar refractivity (Wildman–Crippen MR) is 94.1 cm³/mol. The van der Waals surface area contributed by atoms with Gasteiger partial charge in [0.25, 0.3) is 5.91 Å². The lowest BCUT2D eigenvalue weighted by atomic mass is 10.1. The number of nitrogens with zero attached hydrogens (tertiary/aromatic N) is 1. The summed E-state index contributed by atoms with van der Waals surface area (Å²) in [5.41, 5.74) is 0.637. The van der Waals surface area contributed by atoms with Crippen LogP contribution in [0.5, 0.6) is 11.5 Å². The summed E-state index contributed by atoms with van der Waals surface area (Å²) in [5.74, 6) is -0.752. The van der Waals surface area contributed by atoms with Crippen LogP contribution in [0.3, 0.4) is 0 Å². The first-order valence-electron chi connectivity index (χ1n) is 6.74. The highest BCUT2D eigenvalue weighted by molar-refractivity contribution is 8.26. The number of thioether (sulfide) groups is 1. The summed E-state index contributed by atoms with van der Waals surface area (Å²) in [6.07, 6.45) is 1.34. The Morgan fingerprint density at radius 3 is 2.71 bits per heavy atom. The Hall–Kier alpha value is -1.77. The maximum absolute atomic E-state index is 12.3. The number of hydrogen-bond acceptors (Lipinski definition) is 7. The number of hydrogen-bond donors (Lipinski definition) is 0. The number of carbonyl (C=O) groups is 2. The maximum atomic E-state index is 12.3. The summed E-state index contributed by atoms with van der Waals surface area (Å²) in [6, 6.07) is 3.31. The summed E-state index contributed by atoms with van der Waals surface area (Å²) in [6.45, 7) is -0.0168. The van der Waals surface area contributed by atoms with Crippen molar-refractivity contribution >= 4 is 57.9 Å². The van der Waals surface area contributed by atoms with Crippen LogP contribution in [0.4, 0.5) is 0 Å². The summed E-state index contributed by atoms with van der Waals surface area (Å²) in [7, 11) is 2.96. The minimum absolute atomic E-state index is 0.0168. The highest BCUT2D eigenvalue weighted by Gasteiger charge is 2.31. The van der Waals surface area contributed by atoms with Gasteiger partial charge in [-0.2, -0.15) is 0 Å². The van der Waals surface area contributed by atoms with Crippen LogP contribution in [-0.2, 0) is 9.59 Å². The average molecular weight is 387 g/mol. The Labute approximate surface area is 153 Å². The van der Waals surface area contributed by atoms with Gasteiger partial charge in [0.15, 0.2) is 11.5 Å². The Kier molecular flexibility index (Phi) is 6.09. The maximum Gasteiger partial charge on any atom is 0.266 e. The van der Waals surface area contributed by atoms with E-state index in [4.69, 9.17) is 33.3 Å². The molecule has 1 fully saturated rings. The molecule has 9 heteroatoms. The monoisotopic (exact) mass is 386 g/mol. The van der Waals surface area contributed by atoms with Crippen molar-refractivity contribution in [2.24, 2.45) is 0 Å². The number of carboxylic acid groups (broad SMARTS) is 1. The van der Waals surface area contributed by atoms with Gasteiger partial charge >= 0.3 is 0 Å². The molecule has 2 rings (SSSR count). The molecule has 0 bridgehead atoms. The molecule has 1 aliphatic rings. The van der Waals surface area contributed by atoms with Crippen molar-refractivity contribution in [2.45, 2.75) is 6.42 Å². The van der Waals surface area contributed by atoms with Gasteiger partial charge < -0.3 is 19.4 Å². The highest BCUT2D eigenvalue weighted by atomic mass is 35.5. The molecule has 0 aliphatic carbocycles. The van der Waals surface area contributed by atoms with Crippen molar-refractivity contribution in [2.75, 3.05) is 20.8 Å². The lowest BCUT2D eigenvalue weighted by Crippen LogP contribution is -2.33. The van der Waals surface area contributed by atoms with Gasteiger partial charge in [-0.25, -0.2) is 0 Å². The molecule has 0 N–H and O–H groups in total. The zero-order valence-electron chi connectivity index (χ0n) is 12.8. The Morgan fingerprint density at radius 1 is 1.42 bits per heavy atom. The molecular weight excluding hydrogens is 374 g/mol. The second-order valence-corrected chi connectivity index (χ2v) is 6.78. The Balaban J connectivity index is 2.29. The summed E-state index contributed by atoms with van der Waals surface area (Å²) < 4.78 is 10.7. The number of methoxy groups -OCH3 is 2. The second kappa shape index (κ2) is 7.87. The van der Waals surface area contributed by atoms with Crippen LogP contribution < -0.4 is 14.6 Å². The van der Waals surface area contributed by atoms with E-state index in [1.807, 2.05) is 0 Å². The van der Waals surface area contributed by atoms with E-state index < -0.39 is 5.97 Å². The fourth-order valence-corrected chi connectivity index (χ4v) is 3.67. The molecule has 0 radical (unpaired) electrons. The van der Waals surface area contributed by atoms with Crippen molar-refractivity contribution < 1.29 is 24.2 Å². The predicted octanol–water partition coefficient (Wildman–Crippen LogP) is 1.70. The first kappa shape index (κ1) is 18.6. The molecule has 1 aromatic carbocycles. The lowest BCUT2D eigenvalue weighted by molar-refractivity contribution is -0.305. The van der Waals surface area contributed by atoms with Crippen molar-refractivity contribution in [3.05, 3.63) is 27.6 Å². The van der Waals surface area contributed by atoms with E-state index in [0.29, 0.717) is 31.3 Å². The standard InChI is InChI=1S/C15H14ClNO5S2/c1-21-10-6-8(5-9(16)13(10)22-2)7-11-14(20)17(15(23)24-11)4-3-12(18)19/h5-7H,3-4H2,1-2H3,(H,18,19)/p-1/b11-7-. The van der Waals surface area contributed by atoms with Gasteiger partial charge in [-0.05, 0) is 23.8 Å². The van der Waals surface area contributed by atoms with Gasteiger partial charge in [0.2, 0.25) is 0 Å². The molecule has 1 heterocycles. The van der Waals surface area contributed by atoms with Gasteiger partial charge in [-0.15, -0.1) is 0 Å². The van der Waals surface area contributed by atoms with E-state index in [1.165, 1.54) is 19.1 Å². The van der Waals surface area contributed by atoms with Gasteiger partial charge in [0, 0.05) is 18.9 Å².